The quantitative estimate of drug-likeness (QED) is 0.0952. The summed E-state index contributed by atoms with van der Waals surface area (Å²) in [5.74, 6) is -2.04. The van der Waals surface area contributed by atoms with E-state index in [4.69, 9.17) is 25.8 Å². The van der Waals surface area contributed by atoms with Crippen molar-refractivity contribution in [3.05, 3.63) is 35.5 Å². The van der Waals surface area contributed by atoms with Crippen LogP contribution < -0.4 is 16.0 Å². The fourth-order valence-electron chi connectivity index (χ4n) is 3.96. The summed E-state index contributed by atoms with van der Waals surface area (Å²) in [6.45, 7) is 7.17. The van der Waals surface area contributed by atoms with Gasteiger partial charge in [-0.05, 0) is 71.0 Å². The minimum Gasteiger partial charge on any atom is -0.465 e. The average Bonchev–Trinajstić information content (AvgIpc) is 2.93. The van der Waals surface area contributed by atoms with Crippen LogP contribution in [-0.4, -0.2) is 98.8 Å². The van der Waals surface area contributed by atoms with Crippen molar-refractivity contribution in [2.75, 3.05) is 64.4 Å². The van der Waals surface area contributed by atoms with E-state index in [0.717, 1.165) is 16.6 Å². The Kier molecular flexibility index (Phi) is 15.5. The molecule has 0 atom stereocenters. The van der Waals surface area contributed by atoms with Crippen molar-refractivity contribution in [3.8, 4) is 0 Å². The van der Waals surface area contributed by atoms with Crippen LogP contribution in [-0.2, 0) is 33.4 Å². The topological polar surface area (TPSA) is 148 Å². The van der Waals surface area contributed by atoms with Crippen LogP contribution in [0.1, 0.15) is 33.6 Å². The van der Waals surface area contributed by atoms with E-state index in [1.807, 2.05) is 12.1 Å². The van der Waals surface area contributed by atoms with Crippen LogP contribution in [0.15, 0.2) is 30.5 Å². The number of anilines is 1. The molecule has 1 heterocycles. The van der Waals surface area contributed by atoms with Gasteiger partial charge in [-0.1, -0.05) is 11.6 Å². The molecule has 13 heteroatoms. The average molecular weight is 594 g/mol. The van der Waals surface area contributed by atoms with Gasteiger partial charge in [0.2, 0.25) is 11.9 Å². The van der Waals surface area contributed by atoms with Crippen LogP contribution in [0.3, 0.4) is 0 Å². The Morgan fingerprint density at radius 3 is 2.29 bits per heavy atom. The van der Waals surface area contributed by atoms with Crippen molar-refractivity contribution in [1.29, 1.82) is 0 Å². The first kappa shape index (κ1) is 33.7. The molecule has 41 heavy (non-hydrogen) atoms. The Labute approximate surface area is 245 Å². The lowest BCUT2D eigenvalue weighted by Gasteiger charge is -2.21. The molecule has 0 radical (unpaired) electrons. The van der Waals surface area contributed by atoms with E-state index in [0.29, 0.717) is 44.0 Å². The number of unbranched alkanes of at least 4 members (excludes halogenated alkanes) is 1. The number of benzene rings is 1. The van der Waals surface area contributed by atoms with Crippen molar-refractivity contribution < 1.29 is 33.4 Å². The van der Waals surface area contributed by atoms with E-state index < -0.39 is 23.9 Å². The maximum atomic E-state index is 12.6. The highest BCUT2D eigenvalue weighted by molar-refractivity contribution is 6.31. The number of aromatic nitrogens is 1. The second-order valence-corrected chi connectivity index (χ2v) is 9.35. The predicted octanol–water partition coefficient (Wildman–Crippen LogP) is 2.15. The number of ether oxygens (including phenoxy) is 3. The van der Waals surface area contributed by atoms with E-state index in [9.17, 15) is 19.2 Å². The molecule has 1 aromatic carbocycles. The molecular weight excluding hydrogens is 554 g/mol. The van der Waals surface area contributed by atoms with Crippen LogP contribution in [0.2, 0.25) is 5.02 Å². The number of pyridine rings is 1. The minimum absolute atomic E-state index is 0.0111. The first-order valence-corrected chi connectivity index (χ1v) is 14.2. The minimum atomic E-state index is -1.20. The summed E-state index contributed by atoms with van der Waals surface area (Å²) in [7, 11) is 0. The van der Waals surface area contributed by atoms with E-state index in [1.165, 1.54) is 0 Å². The van der Waals surface area contributed by atoms with E-state index in [2.05, 4.69) is 20.9 Å². The number of esters is 3. The van der Waals surface area contributed by atoms with Gasteiger partial charge in [0.15, 0.2) is 0 Å². The first-order chi connectivity index (χ1) is 19.8. The fourth-order valence-corrected chi connectivity index (χ4v) is 4.12. The van der Waals surface area contributed by atoms with Gasteiger partial charge in [0.25, 0.3) is 0 Å². The molecule has 1 aromatic heterocycles. The third-order valence-corrected chi connectivity index (χ3v) is 6.02. The number of hydrogen-bond acceptors (Lipinski definition) is 11. The van der Waals surface area contributed by atoms with E-state index >= 15 is 0 Å². The second-order valence-electron chi connectivity index (χ2n) is 8.91. The number of nitrogens with zero attached hydrogens (tertiary/aromatic N) is 2. The van der Waals surface area contributed by atoms with E-state index in [-0.39, 0.29) is 38.8 Å². The summed E-state index contributed by atoms with van der Waals surface area (Å²) in [4.78, 5) is 54.9. The van der Waals surface area contributed by atoms with Crippen molar-refractivity contribution in [2.45, 2.75) is 39.7 Å². The fraction of sp³-hybridized carbons (Fsp3) is 0.536. The van der Waals surface area contributed by atoms with Gasteiger partial charge in [0.05, 0.1) is 38.4 Å². The molecule has 0 unspecified atom stereocenters. The molecule has 0 saturated carbocycles. The Morgan fingerprint density at radius 2 is 1.61 bits per heavy atom. The van der Waals surface area contributed by atoms with Crippen molar-refractivity contribution in [3.63, 3.8) is 0 Å². The zero-order valence-corrected chi connectivity index (χ0v) is 24.6. The Hall–Kier alpha value is -3.48. The molecule has 2 rings (SSSR count). The van der Waals surface area contributed by atoms with Crippen LogP contribution in [0.25, 0.3) is 10.9 Å². The summed E-state index contributed by atoms with van der Waals surface area (Å²) in [6.07, 6.45) is 2.86. The maximum Gasteiger partial charge on any atom is 0.334 e. The number of rotatable bonds is 19. The predicted molar refractivity (Wildman–Crippen MR) is 156 cm³/mol. The molecule has 1 amide bonds. The van der Waals surface area contributed by atoms with Crippen LogP contribution in [0.5, 0.6) is 0 Å². The third kappa shape index (κ3) is 12.3. The van der Waals surface area contributed by atoms with Gasteiger partial charge < -0.3 is 24.8 Å². The number of fused-ring (bicyclic) bond motifs is 1. The highest BCUT2D eigenvalue weighted by Gasteiger charge is 2.28. The molecule has 0 saturated heterocycles. The number of hydrogen-bond donors (Lipinski definition) is 3. The smallest absolute Gasteiger partial charge is 0.334 e. The zero-order valence-electron chi connectivity index (χ0n) is 23.9. The zero-order chi connectivity index (χ0) is 30.0. The summed E-state index contributed by atoms with van der Waals surface area (Å²) in [6, 6.07) is 6.13. The monoisotopic (exact) mass is 593 g/mol. The van der Waals surface area contributed by atoms with Crippen LogP contribution in [0.4, 0.5) is 5.69 Å². The van der Waals surface area contributed by atoms with Gasteiger partial charge >= 0.3 is 17.9 Å². The molecule has 226 valence electrons. The SMILES string of the molecule is CCOC(=O)CN(CCCCNC(C(=O)OCC)C(=O)OCC)CC(=O)NCCNc1ccnc2cc(Cl)ccc12. The van der Waals surface area contributed by atoms with Crippen molar-refractivity contribution in [2.24, 2.45) is 0 Å². The summed E-state index contributed by atoms with van der Waals surface area (Å²) < 4.78 is 14.9. The van der Waals surface area contributed by atoms with Gasteiger partial charge in [0.1, 0.15) is 0 Å². The molecule has 12 nitrogen and oxygen atoms in total. The number of amides is 1. The lowest BCUT2D eigenvalue weighted by Crippen LogP contribution is -2.46. The standard InChI is InChI=1S/C28H40ClN5O7/c1-4-39-25(36)19-34(16-8-7-12-33-26(27(37)40-5-2)28(38)41-6-3)18-24(35)32-15-14-31-22-11-13-30-23-17-20(29)9-10-21(22)23/h9-11,13,17,26,33H,4-8,12,14-16,18-19H2,1-3H3,(H,30,31)(H,32,35). The molecule has 0 aliphatic rings. The number of halogens is 1. The maximum absolute atomic E-state index is 12.6. The normalized spacial score (nSPS) is 11.0. The highest BCUT2D eigenvalue weighted by Crippen LogP contribution is 2.24. The van der Waals surface area contributed by atoms with Gasteiger partial charge in [-0.2, -0.15) is 0 Å². The van der Waals surface area contributed by atoms with Gasteiger partial charge in [-0.25, -0.2) is 9.59 Å². The molecule has 0 bridgehead atoms. The van der Waals surface area contributed by atoms with Gasteiger partial charge in [-0.3, -0.25) is 24.8 Å². The van der Waals surface area contributed by atoms with Crippen molar-refractivity contribution in [1.82, 2.24) is 20.5 Å². The lowest BCUT2D eigenvalue weighted by molar-refractivity contribution is -0.158. The van der Waals surface area contributed by atoms with Crippen molar-refractivity contribution >= 4 is 52.0 Å². The molecule has 0 fully saturated rings. The van der Waals surface area contributed by atoms with E-state index in [1.54, 1.807) is 44.0 Å². The number of carbonyl (C=O) groups is 4. The second kappa shape index (κ2) is 18.8. The van der Waals surface area contributed by atoms with Gasteiger partial charge in [-0.15, -0.1) is 0 Å². The third-order valence-electron chi connectivity index (χ3n) is 5.79. The summed E-state index contributed by atoms with van der Waals surface area (Å²) >= 11 is 6.05. The Bertz CT molecular complexity index is 1130. The highest BCUT2D eigenvalue weighted by atomic mass is 35.5. The Morgan fingerprint density at radius 1 is 0.902 bits per heavy atom. The molecule has 0 aliphatic heterocycles. The molecule has 2 aromatic rings. The lowest BCUT2D eigenvalue weighted by atomic mass is 10.2. The number of nitrogens with one attached hydrogen (secondary N) is 3. The Balaban J connectivity index is 1.81. The van der Waals surface area contributed by atoms with Crippen LogP contribution >= 0.6 is 11.6 Å². The summed E-state index contributed by atoms with van der Waals surface area (Å²) in [5, 5.41) is 10.6. The molecule has 3 N–H and O–H groups in total. The molecule has 0 aliphatic carbocycles. The summed E-state index contributed by atoms with van der Waals surface area (Å²) in [5.41, 5.74) is 1.65. The van der Waals surface area contributed by atoms with Gasteiger partial charge in [0, 0.05) is 35.4 Å². The largest absolute Gasteiger partial charge is 0.465 e. The molecule has 0 spiro atoms. The molecular formula is C28H40ClN5O7. The number of carbonyl (C=O) groups excluding carboxylic acids is 4. The van der Waals surface area contributed by atoms with Crippen LogP contribution in [0, 0.1) is 0 Å². The first-order valence-electron chi connectivity index (χ1n) is 13.8.